The SMILES string of the molecule is CC(=O)c1cn(CCCN2C3CCC2CC(CCc2ccccc2)C3)c2c(Br)cccc12. The number of benzene rings is 2. The Hall–Kier alpha value is -1.91. The number of carbonyl (C=O) groups excluding carboxylic acids is 1. The Labute approximate surface area is 199 Å². The fourth-order valence-electron chi connectivity index (χ4n) is 6.20. The molecule has 4 heteroatoms. The van der Waals surface area contributed by atoms with Crippen molar-refractivity contribution in [2.75, 3.05) is 6.54 Å². The van der Waals surface area contributed by atoms with Crippen molar-refractivity contribution in [2.24, 2.45) is 5.92 Å². The molecule has 2 saturated heterocycles. The van der Waals surface area contributed by atoms with Crippen molar-refractivity contribution in [3.05, 3.63) is 70.3 Å². The lowest BCUT2D eigenvalue weighted by Gasteiger charge is -2.39. The third kappa shape index (κ3) is 4.45. The van der Waals surface area contributed by atoms with Gasteiger partial charge in [0.1, 0.15) is 0 Å². The minimum Gasteiger partial charge on any atom is -0.346 e. The molecule has 2 aromatic carbocycles. The van der Waals surface area contributed by atoms with Gasteiger partial charge in [-0.1, -0.05) is 42.5 Å². The summed E-state index contributed by atoms with van der Waals surface area (Å²) < 4.78 is 3.35. The number of nitrogens with zero attached hydrogens (tertiary/aromatic N) is 2. The van der Waals surface area contributed by atoms with Gasteiger partial charge in [-0.05, 0) is 85.3 Å². The molecule has 0 N–H and O–H groups in total. The number of hydrogen-bond donors (Lipinski definition) is 0. The van der Waals surface area contributed by atoms with Crippen molar-refractivity contribution in [3.8, 4) is 0 Å². The van der Waals surface area contributed by atoms with Crippen LogP contribution in [0, 0.1) is 5.92 Å². The monoisotopic (exact) mass is 492 g/mol. The number of piperidine rings is 1. The van der Waals surface area contributed by atoms with Crippen LogP contribution in [-0.2, 0) is 13.0 Å². The summed E-state index contributed by atoms with van der Waals surface area (Å²) in [5.74, 6) is 1.02. The maximum atomic E-state index is 12.1. The van der Waals surface area contributed by atoms with Gasteiger partial charge in [0, 0.05) is 46.8 Å². The second-order valence-corrected chi connectivity index (χ2v) is 10.6. The molecule has 2 atom stereocenters. The molecule has 3 nitrogen and oxygen atoms in total. The molecule has 2 aliphatic rings. The molecule has 1 aromatic heterocycles. The lowest BCUT2D eigenvalue weighted by molar-refractivity contribution is 0.0978. The van der Waals surface area contributed by atoms with Crippen LogP contribution in [0.3, 0.4) is 0 Å². The number of halogens is 1. The third-order valence-corrected chi connectivity index (χ3v) is 8.35. The summed E-state index contributed by atoms with van der Waals surface area (Å²) in [5.41, 5.74) is 3.47. The minimum absolute atomic E-state index is 0.141. The smallest absolute Gasteiger partial charge is 0.161 e. The summed E-state index contributed by atoms with van der Waals surface area (Å²) in [6, 6.07) is 18.7. The summed E-state index contributed by atoms with van der Waals surface area (Å²) in [7, 11) is 0. The summed E-state index contributed by atoms with van der Waals surface area (Å²) in [6.07, 6.45) is 11.2. The summed E-state index contributed by atoms with van der Waals surface area (Å²) in [4.78, 5) is 14.9. The quantitative estimate of drug-likeness (QED) is 0.320. The average molecular weight is 493 g/mol. The van der Waals surface area contributed by atoms with Crippen molar-refractivity contribution in [2.45, 2.75) is 70.5 Å². The highest BCUT2D eigenvalue weighted by atomic mass is 79.9. The zero-order valence-corrected chi connectivity index (χ0v) is 20.6. The third-order valence-electron chi connectivity index (χ3n) is 7.71. The van der Waals surface area contributed by atoms with E-state index >= 15 is 0 Å². The molecular weight excluding hydrogens is 460 g/mol. The lowest BCUT2D eigenvalue weighted by atomic mass is 9.86. The van der Waals surface area contributed by atoms with Crippen molar-refractivity contribution < 1.29 is 4.79 Å². The Morgan fingerprint density at radius 2 is 1.75 bits per heavy atom. The molecule has 0 spiro atoms. The fraction of sp³-hybridized carbons (Fsp3) is 0.464. The van der Waals surface area contributed by atoms with Gasteiger partial charge in [0.05, 0.1) is 5.52 Å². The topological polar surface area (TPSA) is 25.2 Å². The predicted octanol–water partition coefficient (Wildman–Crippen LogP) is 6.87. The molecule has 32 heavy (non-hydrogen) atoms. The van der Waals surface area contributed by atoms with Gasteiger partial charge in [0.25, 0.3) is 0 Å². The molecule has 0 radical (unpaired) electrons. The number of carbonyl (C=O) groups is 1. The average Bonchev–Trinajstić information content (AvgIpc) is 3.28. The number of ketones is 1. The van der Waals surface area contributed by atoms with Crippen LogP contribution in [-0.4, -0.2) is 33.9 Å². The summed E-state index contributed by atoms with van der Waals surface area (Å²) in [5, 5.41) is 1.06. The number of aryl methyl sites for hydroxylation is 2. The lowest BCUT2D eigenvalue weighted by Crippen LogP contribution is -2.43. The van der Waals surface area contributed by atoms with Crippen LogP contribution in [0.4, 0.5) is 0 Å². The van der Waals surface area contributed by atoms with E-state index in [1.54, 1.807) is 6.92 Å². The highest BCUT2D eigenvalue weighted by molar-refractivity contribution is 9.10. The van der Waals surface area contributed by atoms with Gasteiger partial charge in [-0.15, -0.1) is 0 Å². The van der Waals surface area contributed by atoms with Crippen LogP contribution < -0.4 is 0 Å². The Morgan fingerprint density at radius 1 is 1.00 bits per heavy atom. The van der Waals surface area contributed by atoms with Crippen molar-refractivity contribution in [1.29, 1.82) is 0 Å². The van der Waals surface area contributed by atoms with E-state index < -0.39 is 0 Å². The first kappa shape index (κ1) is 21.9. The highest BCUT2D eigenvalue weighted by Gasteiger charge is 2.39. The van der Waals surface area contributed by atoms with Crippen LogP contribution >= 0.6 is 15.9 Å². The number of Topliss-reactive ketones (excluding diaryl/α,β-unsaturated/α-hetero) is 1. The number of para-hydroxylation sites is 1. The molecule has 0 amide bonds. The van der Waals surface area contributed by atoms with Crippen LogP contribution in [0.15, 0.2) is 59.2 Å². The Morgan fingerprint density at radius 3 is 2.47 bits per heavy atom. The van der Waals surface area contributed by atoms with Crippen LogP contribution in [0.2, 0.25) is 0 Å². The molecule has 2 bridgehead atoms. The largest absolute Gasteiger partial charge is 0.346 e. The van der Waals surface area contributed by atoms with Gasteiger partial charge in [-0.25, -0.2) is 0 Å². The van der Waals surface area contributed by atoms with Crippen molar-refractivity contribution in [1.82, 2.24) is 9.47 Å². The second kappa shape index (κ2) is 9.52. The molecule has 3 aromatic rings. The molecule has 0 aliphatic carbocycles. The molecule has 2 unspecified atom stereocenters. The first-order valence-electron chi connectivity index (χ1n) is 12.2. The van der Waals surface area contributed by atoms with E-state index in [0.29, 0.717) is 0 Å². The van der Waals surface area contributed by atoms with E-state index in [1.807, 2.05) is 6.07 Å². The number of fused-ring (bicyclic) bond motifs is 3. The molecule has 2 aliphatic heterocycles. The van der Waals surface area contributed by atoms with Gasteiger partial charge < -0.3 is 4.57 Å². The molecule has 2 fully saturated rings. The van der Waals surface area contributed by atoms with Crippen LogP contribution in [0.5, 0.6) is 0 Å². The zero-order valence-electron chi connectivity index (χ0n) is 19.0. The maximum absolute atomic E-state index is 12.1. The van der Waals surface area contributed by atoms with E-state index in [4.69, 9.17) is 0 Å². The maximum Gasteiger partial charge on any atom is 0.161 e. The van der Waals surface area contributed by atoms with Crippen molar-refractivity contribution >= 4 is 32.6 Å². The van der Waals surface area contributed by atoms with E-state index in [0.717, 1.165) is 51.9 Å². The Balaban J connectivity index is 1.19. The second-order valence-electron chi connectivity index (χ2n) is 9.77. The number of hydrogen-bond acceptors (Lipinski definition) is 2. The fourth-order valence-corrected chi connectivity index (χ4v) is 6.79. The number of aromatic nitrogens is 1. The normalized spacial score (nSPS) is 23.1. The Kier molecular flexibility index (Phi) is 6.52. The van der Waals surface area contributed by atoms with Gasteiger partial charge >= 0.3 is 0 Å². The molecular formula is C28H33BrN2O. The molecule has 5 rings (SSSR count). The summed E-state index contributed by atoms with van der Waals surface area (Å²) in [6.45, 7) is 3.79. The van der Waals surface area contributed by atoms with Gasteiger partial charge in [-0.3, -0.25) is 9.69 Å². The Bertz CT molecular complexity index is 1080. The number of rotatable bonds is 8. The van der Waals surface area contributed by atoms with E-state index in [9.17, 15) is 4.79 Å². The van der Waals surface area contributed by atoms with Crippen molar-refractivity contribution in [3.63, 3.8) is 0 Å². The standard InChI is InChI=1S/C28H33BrN2O/c1-20(32)26-19-30(28-25(26)9-5-10-27(28)29)15-6-16-31-23-13-14-24(31)18-22(17-23)12-11-21-7-3-2-4-8-21/h2-5,7-10,19,22-24H,6,11-18H2,1H3. The molecule has 3 heterocycles. The highest BCUT2D eigenvalue weighted by Crippen LogP contribution is 2.40. The minimum atomic E-state index is 0.141. The van der Waals surface area contributed by atoms with Crippen LogP contribution in [0.25, 0.3) is 10.9 Å². The van der Waals surface area contributed by atoms with Crippen LogP contribution in [0.1, 0.15) is 61.4 Å². The predicted molar refractivity (Wildman–Crippen MR) is 135 cm³/mol. The van der Waals surface area contributed by atoms with E-state index in [2.05, 4.69) is 74.1 Å². The summed E-state index contributed by atoms with van der Waals surface area (Å²) >= 11 is 3.70. The zero-order chi connectivity index (χ0) is 22.1. The van der Waals surface area contributed by atoms with Gasteiger partial charge in [0.15, 0.2) is 5.78 Å². The first-order chi connectivity index (χ1) is 15.6. The van der Waals surface area contributed by atoms with E-state index in [1.165, 1.54) is 50.6 Å². The molecule has 168 valence electrons. The van der Waals surface area contributed by atoms with E-state index in [-0.39, 0.29) is 5.78 Å². The first-order valence-corrected chi connectivity index (χ1v) is 13.0. The van der Waals surface area contributed by atoms with Gasteiger partial charge in [0.2, 0.25) is 0 Å². The van der Waals surface area contributed by atoms with Gasteiger partial charge in [-0.2, -0.15) is 0 Å². The molecule has 0 saturated carbocycles.